The van der Waals surface area contributed by atoms with Crippen LogP contribution in [0, 0.1) is 0 Å². The number of carbonyl (C=O) groups excluding carboxylic acids is 1. The molecule has 0 unspecified atom stereocenters. The van der Waals surface area contributed by atoms with E-state index in [1.807, 2.05) is 37.3 Å². The Balaban J connectivity index is 1.83. The maximum absolute atomic E-state index is 13.0. The van der Waals surface area contributed by atoms with E-state index in [9.17, 15) is 13.2 Å². The van der Waals surface area contributed by atoms with Crippen molar-refractivity contribution in [2.75, 3.05) is 18.5 Å². The number of sulfonamides is 1. The average molecular weight is 431 g/mol. The van der Waals surface area contributed by atoms with E-state index in [4.69, 9.17) is 4.74 Å². The molecule has 2 aromatic carbocycles. The van der Waals surface area contributed by atoms with Crippen LogP contribution in [0.15, 0.2) is 70.9 Å². The Morgan fingerprint density at radius 1 is 1.07 bits per heavy atom. The molecular formula is C21H22N2O4S2. The molecule has 3 rings (SSSR count). The highest BCUT2D eigenvalue weighted by atomic mass is 32.2. The smallest absolute Gasteiger partial charge is 0.264 e. The number of carbonyl (C=O) groups is 1. The van der Waals surface area contributed by atoms with Crippen LogP contribution >= 0.6 is 11.3 Å². The first-order chi connectivity index (χ1) is 13.8. The van der Waals surface area contributed by atoms with E-state index in [0.29, 0.717) is 16.3 Å². The molecule has 1 heterocycles. The fourth-order valence-electron chi connectivity index (χ4n) is 2.84. The van der Waals surface area contributed by atoms with Crippen molar-refractivity contribution in [2.45, 2.75) is 17.9 Å². The molecule has 3 aromatic rings. The summed E-state index contributed by atoms with van der Waals surface area (Å²) in [5.41, 5.74) is 1.31. The largest absolute Gasteiger partial charge is 0.497 e. The number of thiophene rings is 1. The second-order valence-electron chi connectivity index (χ2n) is 6.39. The van der Waals surface area contributed by atoms with Crippen molar-refractivity contribution in [1.82, 2.24) is 5.32 Å². The van der Waals surface area contributed by atoms with Gasteiger partial charge in [-0.1, -0.05) is 30.3 Å². The zero-order valence-electron chi connectivity index (χ0n) is 16.3. The molecule has 29 heavy (non-hydrogen) atoms. The van der Waals surface area contributed by atoms with Gasteiger partial charge in [0.25, 0.3) is 15.9 Å². The fraction of sp³-hybridized carbons (Fsp3) is 0.190. The minimum absolute atomic E-state index is 0.121. The standard InChI is InChI=1S/C21H22N2O4S2/c1-15(16-7-5-4-6-8-16)22-21(24)20-19(13-14-28-20)23(2)29(25,26)18-11-9-17(27-3)10-12-18/h4-15H,1-3H3,(H,22,24)/t15-/m1/s1. The lowest BCUT2D eigenvalue weighted by Gasteiger charge is -2.21. The molecule has 1 aromatic heterocycles. The van der Waals surface area contributed by atoms with Gasteiger partial charge in [0, 0.05) is 7.05 Å². The zero-order valence-corrected chi connectivity index (χ0v) is 18.0. The van der Waals surface area contributed by atoms with Gasteiger partial charge < -0.3 is 10.1 Å². The highest BCUT2D eigenvalue weighted by molar-refractivity contribution is 7.92. The van der Waals surface area contributed by atoms with Gasteiger partial charge in [0.15, 0.2) is 0 Å². The molecule has 0 spiro atoms. The van der Waals surface area contributed by atoms with Crippen LogP contribution in [0.2, 0.25) is 0 Å². The van der Waals surface area contributed by atoms with Gasteiger partial charge in [-0.3, -0.25) is 9.10 Å². The molecule has 1 amide bonds. The summed E-state index contributed by atoms with van der Waals surface area (Å²) in [5.74, 6) is 0.250. The summed E-state index contributed by atoms with van der Waals surface area (Å²) in [4.78, 5) is 13.3. The summed E-state index contributed by atoms with van der Waals surface area (Å²) < 4.78 is 32.2. The second-order valence-corrected chi connectivity index (χ2v) is 9.27. The Bertz CT molecular complexity index is 1080. The molecule has 8 heteroatoms. The van der Waals surface area contributed by atoms with Gasteiger partial charge in [-0.15, -0.1) is 11.3 Å². The van der Waals surface area contributed by atoms with Gasteiger partial charge in [0.05, 0.1) is 23.7 Å². The zero-order chi connectivity index (χ0) is 21.0. The van der Waals surface area contributed by atoms with Crippen molar-refractivity contribution in [3.8, 4) is 5.75 Å². The lowest BCUT2D eigenvalue weighted by atomic mass is 10.1. The SMILES string of the molecule is COc1ccc(S(=O)(=O)N(C)c2ccsc2C(=O)N[C@H](C)c2ccccc2)cc1. The van der Waals surface area contributed by atoms with Crippen LogP contribution in [0.4, 0.5) is 5.69 Å². The molecule has 1 N–H and O–H groups in total. The monoisotopic (exact) mass is 430 g/mol. The van der Waals surface area contributed by atoms with E-state index in [0.717, 1.165) is 9.87 Å². The van der Waals surface area contributed by atoms with Crippen LogP contribution in [-0.4, -0.2) is 28.5 Å². The maximum atomic E-state index is 13.0. The van der Waals surface area contributed by atoms with Gasteiger partial charge in [0.2, 0.25) is 0 Å². The predicted octanol–water partition coefficient (Wildman–Crippen LogP) is 4.07. The van der Waals surface area contributed by atoms with E-state index < -0.39 is 10.0 Å². The van der Waals surface area contributed by atoms with Crippen LogP contribution < -0.4 is 14.4 Å². The molecule has 0 aliphatic heterocycles. The normalized spacial score (nSPS) is 12.2. The van der Waals surface area contributed by atoms with Gasteiger partial charge in [-0.05, 0) is 48.2 Å². The van der Waals surface area contributed by atoms with Crippen molar-refractivity contribution in [1.29, 1.82) is 0 Å². The van der Waals surface area contributed by atoms with E-state index in [1.54, 1.807) is 23.6 Å². The lowest BCUT2D eigenvalue weighted by Crippen LogP contribution is -2.30. The number of hydrogen-bond donors (Lipinski definition) is 1. The van der Waals surface area contributed by atoms with E-state index in [2.05, 4.69) is 5.32 Å². The minimum atomic E-state index is -3.82. The van der Waals surface area contributed by atoms with E-state index in [1.165, 1.54) is 37.6 Å². The molecule has 0 bridgehead atoms. The van der Waals surface area contributed by atoms with Crippen molar-refractivity contribution >= 4 is 33.0 Å². The average Bonchev–Trinajstić information content (AvgIpc) is 3.23. The van der Waals surface area contributed by atoms with Gasteiger partial charge in [-0.25, -0.2) is 8.42 Å². The molecule has 152 valence electrons. The van der Waals surface area contributed by atoms with Crippen LogP contribution in [-0.2, 0) is 10.0 Å². The quantitative estimate of drug-likeness (QED) is 0.613. The van der Waals surface area contributed by atoms with Gasteiger partial charge in [0.1, 0.15) is 10.6 Å². The van der Waals surface area contributed by atoms with Gasteiger partial charge >= 0.3 is 0 Å². The number of benzene rings is 2. The predicted molar refractivity (Wildman–Crippen MR) is 115 cm³/mol. The molecule has 0 radical (unpaired) electrons. The van der Waals surface area contributed by atoms with Crippen LogP contribution in [0.1, 0.15) is 28.2 Å². The summed E-state index contributed by atoms with van der Waals surface area (Å²) in [7, 11) is -0.859. The summed E-state index contributed by atoms with van der Waals surface area (Å²) >= 11 is 1.20. The molecule has 1 atom stereocenters. The number of rotatable bonds is 7. The number of methoxy groups -OCH3 is 1. The second kappa shape index (κ2) is 8.67. The Labute approximate surface area is 174 Å². The summed E-state index contributed by atoms with van der Waals surface area (Å²) in [5, 5.41) is 4.64. The van der Waals surface area contributed by atoms with Crippen molar-refractivity contribution < 1.29 is 17.9 Å². The number of nitrogens with one attached hydrogen (secondary N) is 1. The number of nitrogens with zero attached hydrogens (tertiary/aromatic N) is 1. The van der Waals surface area contributed by atoms with Gasteiger partial charge in [-0.2, -0.15) is 0 Å². The maximum Gasteiger partial charge on any atom is 0.264 e. The van der Waals surface area contributed by atoms with Crippen molar-refractivity contribution in [3.63, 3.8) is 0 Å². The Hall–Kier alpha value is -2.84. The van der Waals surface area contributed by atoms with Crippen LogP contribution in [0.25, 0.3) is 0 Å². The molecule has 0 fully saturated rings. The first-order valence-corrected chi connectivity index (χ1v) is 11.2. The highest BCUT2D eigenvalue weighted by Crippen LogP contribution is 2.31. The molecule has 6 nitrogen and oxygen atoms in total. The Morgan fingerprint density at radius 2 is 1.72 bits per heavy atom. The molecule has 0 saturated carbocycles. The number of amides is 1. The summed E-state index contributed by atoms with van der Waals surface area (Å²) in [6, 6.07) is 17.1. The third-order valence-electron chi connectivity index (χ3n) is 4.55. The van der Waals surface area contributed by atoms with Crippen LogP contribution in [0.3, 0.4) is 0 Å². The van der Waals surface area contributed by atoms with E-state index in [-0.39, 0.29) is 16.8 Å². The number of hydrogen-bond acceptors (Lipinski definition) is 5. The lowest BCUT2D eigenvalue weighted by molar-refractivity contribution is 0.0944. The van der Waals surface area contributed by atoms with Crippen molar-refractivity contribution in [3.05, 3.63) is 76.5 Å². The first-order valence-electron chi connectivity index (χ1n) is 8.91. The number of anilines is 1. The molecule has 0 saturated heterocycles. The molecule has 0 aliphatic carbocycles. The van der Waals surface area contributed by atoms with E-state index >= 15 is 0 Å². The minimum Gasteiger partial charge on any atom is -0.497 e. The molecule has 0 aliphatic rings. The third kappa shape index (κ3) is 4.44. The van der Waals surface area contributed by atoms with Crippen molar-refractivity contribution in [2.24, 2.45) is 0 Å². The van der Waals surface area contributed by atoms with Crippen LogP contribution in [0.5, 0.6) is 5.75 Å². The third-order valence-corrected chi connectivity index (χ3v) is 7.24. The fourth-order valence-corrected chi connectivity index (χ4v) is 4.93. The molecular weight excluding hydrogens is 408 g/mol. The highest BCUT2D eigenvalue weighted by Gasteiger charge is 2.26. The Morgan fingerprint density at radius 3 is 2.34 bits per heavy atom. The first kappa shape index (κ1) is 20.9. The topological polar surface area (TPSA) is 75.7 Å². The summed E-state index contributed by atoms with van der Waals surface area (Å²) in [6.45, 7) is 1.89. The Kier molecular flexibility index (Phi) is 6.24. The number of ether oxygens (including phenoxy) is 1. The summed E-state index contributed by atoms with van der Waals surface area (Å²) in [6.07, 6.45) is 0.